The molecule has 1 heterocycles. The molecule has 0 saturated heterocycles. The first kappa shape index (κ1) is 8.22. The van der Waals surface area contributed by atoms with Crippen molar-refractivity contribution >= 4 is 0 Å². The van der Waals surface area contributed by atoms with Crippen LogP contribution in [-0.2, 0) is 39.1 Å². The Balaban J connectivity index is 0.000000500. The number of rotatable bonds is 0. The molecule has 1 radical (unpaired) electrons. The Hall–Kier alpha value is 0.124. The van der Waals surface area contributed by atoms with Gasteiger partial charge in [-0.15, -0.1) is 18.9 Å². The van der Waals surface area contributed by atoms with Gasteiger partial charge in [0.15, 0.2) is 0 Å². The summed E-state index contributed by atoms with van der Waals surface area (Å²) < 4.78 is 0. The van der Waals surface area contributed by atoms with E-state index in [1.165, 1.54) is 24.1 Å². The smallest absolute Gasteiger partial charge is 0.0222 e. The molecule has 0 fully saturated rings. The van der Waals surface area contributed by atoms with Gasteiger partial charge in [-0.2, -0.15) is 5.56 Å². The Morgan fingerprint density at radius 1 is 1.50 bits per heavy atom. The Morgan fingerprint density at radius 3 is 3.20 bits per heavy atom. The van der Waals surface area contributed by atoms with E-state index < -0.39 is 0 Å². The minimum Gasteiger partial charge on any atom is -0.295 e. The number of hydrogen-bond acceptors (Lipinski definition) is 1. The summed E-state index contributed by atoms with van der Waals surface area (Å²) in [5.41, 5.74) is 2.59. The van der Waals surface area contributed by atoms with Gasteiger partial charge >= 0.3 is 0 Å². The zero-order chi connectivity index (χ0) is 6.10. The van der Waals surface area contributed by atoms with Gasteiger partial charge in [-0.3, -0.25) is 4.98 Å². The van der Waals surface area contributed by atoms with Gasteiger partial charge < -0.3 is 0 Å². The van der Waals surface area contributed by atoms with Crippen molar-refractivity contribution in [3.8, 4) is 0 Å². The van der Waals surface area contributed by atoms with Crippen molar-refractivity contribution in [1.82, 2.24) is 4.98 Å². The van der Waals surface area contributed by atoms with Gasteiger partial charge in [0.2, 0.25) is 0 Å². The van der Waals surface area contributed by atoms with E-state index in [1.54, 1.807) is 0 Å². The molecule has 10 heavy (non-hydrogen) atoms. The quantitative estimate of drug-likeness (QED) is 0.588. The summed E-state index contributed by atoms with van der Waals surface area (Å²) >= 11 is 0. The molecule has 1 aromatic heterocycles. The maximum atomic E-state index is 4.20. The van der Waals surface area contributed by atoms with Gasteiger partial charge in [0.1, 0.15) is 0 Å². The Kier molecular flexibility index (Phi) is 2.87. The summed E-state index contributed by atoms with van der Waals surface area (Å²) in [6.45, 7) is 0. The number of aryl methyl sites for hydroxylation is 1. The largest absolute Gasteiger partial charge is 0.295 e. The molecule has 2 rings (SSSR count). The molecule has 0 unspecified atom stereocenters. The predicted molar refractivity (Wildman–Crippen MR) is 36.0 cm³/mol. The van der Waals surface area contributed by atoms with Crippen molar-refractivity contribution in [3.63, 3.8) is 0 Å². The van der Waals surface area contributed by atoms with Crippen LogP contribution in [0.4, 0.5) is 0 Å². The molecule has 0 aliphatic heterocycles. The van der Waals surface area contributed by atoms with E-state index in [9.17, 15) is 0 Å². The molecule has 1 aliphatic rings. The second-order valence-corrected chi connectivity index (χ2v) is 2.29. The summed E-state index contributed by atoms with van der Waals surface area (Å²) in [4.78, 5) is 4.20. The maximum Gasteiger partial charge on any atom is 0.0222 e. The molecule has 0 bridgehead atoms. The predicted octanol–water partition coefficient (Wildman–Crippen LogP) is 1.58. The average Bonchev–Trinajstić information content (AvgIpc) is 2.33. The fourth-order valence-electron chi connectivity index (χ4n) is 1.21. The molecular weight excluding hydrogens is 199 g/mol. The van der Waals surface area contributed by atoms with Crippen LogP contribution in [-0.4, -0.2) is 4.98 Å². The van der Waals surface area contributed by atoms with Crippen LogP contribution in [0, 0.1) is 6.42 Å². The van der Waals surface area contributed by atoms with Crippen LogP contribution in [0.5, 0.6) is 0 Å². The van der Waals surface area contributed by atoms with Crippen LogP contribution >= 0.6 is 0 Å². The van der Waals surface area contributed by atoms with Crippen LogP contribution in [0.3, 0.4) is 0 Å². The Bertz CT molecular complexity index is 199. The molecule has 1 nitrogen and oxygen atoms in total. The van der Waals surface area contributed by atoms with Crippen molar-refractivity contribution in [2.45, 2.75) is 12.8 Å². The Labute approximate surface area is 86.1 Å². The first-order chi connectivity index (χ1) is 4.47. The van der Waals surface area contributed by atoms with Gasteiger partial charge in [0.05, 0.1) is 0 Å². The molecule has 0 aromatic carbocycles. The van der Waals surface area contributed by atoms with Crippen LogP contribution in [0.1, 0.15) is 17.7 Å². The number of nitrogens with zero attached hydrogens (tertiary/aromatic N) is 1. The molecular formula is C8H8NY-. The van der Waals surface area contributed by atoms with E-state index in [1.807, 2.05) is 12.3 Å². The standard InChI is InChI=1S/C8H8N.Y/c1-3-7-4-2-6-9-8(7)5-1;/h2,4-6H,1,3H2;/q-1;. The third-order valence-corrected chi connectivity index (χ3v) is 1.68. The molecule has 2 heteroatoms. The summed E-state index contributed by atoms with van der Waals surface area (Å²) in [6, 6.07) is 4.14. The van der Waals surface area contributed by atoms with Crippen molar-refractivity contribution < 1.29 is 32.7 Å². The van der Waals surface area contributed by atoms with Crippen molar-refractivity contribution in [3.05, 3.63) is 36.0 Å². The zero-order valence-corrected chi connectivity index (χ0v) is 8.59. The first-order valence-corrected chi connectivity index (χ1v) is 3.24. The topological polar surface area (TPSA) is 12.9 Å². The van der Waals surface area contributed by atoms with Crippen molar-refractivity contribution in [2.24, 2.45) is 0 Å². The monoisotopic (exact) mass is 207 g/mol. The fraction of sp³-hybridized carbons (Fsp3) is 0.250. The zero-order valence-electron chi connectivity index (χ0n) is 5.75. The van der Waals surface area contributed by atoms with Gasteiger partial charge in [0.25, 0.3) is 0 Å². The molecule has 0 spiro atoms. The fourth-order valence-corrected chi connectivity index (χ4v) is 1.21. The van der Waals surface area contributed by atoms with Crippen molar-refractivity contribution in [2.75, 3.05) is 0 Å². The number of pyridine rings is 1. The summed E-state index contributed by atoms with van der Waals surface area (Å²) in [5.74, 6) is 0. The second kappa shape index (κ2) is 3.50. The molecule has 0 N–H and O–H groups in total. The van der Waals surface area contributed by atoms with Crippen LogP contribution in [0.2, 0.25) is 0 Å². The molecule has 49 valence electrons. The Morgan fingerprint density at radius 2 is 2.40 bits per heavy atom. The van der Waals surface area contributed by atoms with E-state index in [0.29, 0.717) is 0 Å². The SMILES string of the molecule is [Y].c1cnc2c(c1)CC[CH-]2. The minimum atomic E-state index is 0. The molecule has 0 atom stereocenters. The van der Waals surface area contributed by atoms with E-state index in [2.05, 4.69) is 17.5 Å². The van der Waals surface area contributed by atoms with Crippen LogP contribution in [0.15, 0.2) is 18.3 Å². The first-order valence-electron chi connectivity index (χ1n) is 3.24. The number of aromatic nitrogens is 1. The third-order valence-electron chi connectivity index (χ3n) is 1.68. The van der Waals surface area contributed by atoms with Gasteiger partial charge in [-0.05, 0) is 0 Å². The van der Waals surface area contributed by atoms with E-state index in [0.717, 1.165) is 0 Å². The maximum absolute atomic E-state index is 4.20. The van der Waals surface area contributed by atoms with Crippen molar-refractivity contribution in [1.29, 1.82) is 0 Å². The van der Waals surface area contributed by atoms with Crippen LogP contribution in [0.25, 0.3) is 0 Å². The summed E-state index contributed by atoms with van der Waals surface area (Å²) in [6.07, 6.45) is 6.39. The number of fused-ring (bicyclic) bond motifs is 1. The summed E-state index contributed by atoms with van der Waals surface area (Å²) in [7, 11) is 0. The van der Waals surface area contributed by atoms with Crippen LogP contribution < -0.4 is 0 Å². The van der Waals surface area contributed by atoms with E-state index in [-0.39, 0.29) is 32.7 Å². The molecule has 1 aliphatic carbocycles. The molecule has 1 aromatic rings. The van der Waals surface area contributed by atoms with E-state index >= 15 is 0 Å². The van der Waals surface area contributed by atoms with Gasteiger partial charge in [0, 0.05) is 38.9 Å². The van der Waals surface area contributed by atoms with E-state index in [4.69, 9.17) is 0 Å². The number of hydrogen-bond donors (Lipinski definition) is 0. The minimum absolute atomic E-state index is 0. The molecule has 0 saturated carbocycles. The second-order valence-electron chi connectivity index (χ2n) is 2.29. The third kappa shape index (κ3) is 1.41. The normalized spacial score (nSPS) is 13.2. The summed E-state index contributed by atoms with van der Waals surface area (Å²) in [5, 5.41) is 0. The molecule has 0 amide bonds. The average molecular weight is 207 g/mol. The van der Waals surface area contributed by atoms with Gasteiger partial charge in [-0.25, -0.2) is 6.42 Å². The van der Waals surface area contributed by atoms with Gasteiger partial charge in [-0.1, -0.05) is 11.8 Å².